The summed E-state index contributed by atoms with van der Waals surface area (Å²) in [6.07, 6.45) is 1.41. The van der Waals surface area contributed by atoms with Crippen molar-refractivity contribution >= 4 is 23.7 Å². The molecule has 3 rings (SSSR count). The summed E-state index contributed by atoms with van der Waals surface area (Å²) < 4.78 is 24.2. The Morgan fingerprint density at radius 1 is 1.00 bits per heavy atom. The molecule has 0 spiro atoms. The summed E-state index contributed by atoms with van der Waals surface area (Å²) in [5.41, 5.74) is 3.42. The fourth-order valence-corrected chi connectivity index (χ4v) is 2.60. The fourth-order valence-electron chi connectivity index (χ4n) is 2.60. The van der Waals surface area contributed by atoms with E-state index in [1.165, 1.54) is 31.5 Å². The van der Waals surface area contributed by atoms with Gasteiger partial charge in [0.15, 0.2) is 6.61 Å². The number of methoxy groups -OCH3 is 1. The second-order valence-electron chi connectivity index (χ2n) is 6.29. The van der Waals surface area contributed by atoms with Crippen molar-refractivity contribution in [1.29, 1.82) is 0 Å². The van der Waals surface area contributed by atoms with Gasteiger partial charge in [0.2, 0.25) is 0 Å². The van der Waals surface area contributed by atoms with Gasteiger partial charge in [0, 0.05) is 0 Å². The van der Waals surface area contributed by atoms with Gasteiger partial charge in [-0.2, -0.15) is 5.10 Å². The fraction of sp³-hybridized carbons (Fsp3) is 0.0870. The lowest BCUT2D eigenvalue weighted by Gasteiger charge is -2.10. The van der Waals surface area contributed by atoms with Crippen molar-refractivity contribution in [3.8, 4) is 11.5 Å². The highest BCUT2D eigenvalue weighted by Crippen LogP contribution is 2.22. The number of carbonyl (C=O) groups is 2. The van der Waals surface area contributed by atoms with Crippen LogP contribution in [0.3, 0.4) is 0 Å². The van der Waals surface area contributed by atoms with Gasteiger partial charge in [-0.05, 0) is 54.1 Å². The van der Waals surface area contributed by atoms with Crippen LogP contribution in [0.4, 0.5) is 10.1 Å². The number of carbonyl (C=O) groups excluding carboxylic acids is 2. The third-order valence-electron chi connectivity index (χ3n) is 4.13. The number of amides is 2. The van der Waals surface area contributed by atoms with Gasteiger partial charge in [0.05, 0.1) is 24.6 Å². The summed E-state index contributed by atoms with van der Waals surface area (Å²) in [5.74, 6) is -0.544. The second kappa shape index (κ2) is 10.5. The number of nitrogens with one attached hydrogen (secondary N) is 2. The SMILES string of the molecule is COc1ccccc1NC(=O)COc1ccc(/C=N\NC(=O)c2ccccc2F)cc1. The monoisotopic (exact) mass is 421 g/mol. The van der Waals surface area contributed by atoms with Crippen molar-refractivity contribution in [2.24, 2.45) is 5.10 Å². The van der Waals surface area contributed by atoms with E-state index in [0.717, 1.165) is 0 Å². The van der Waals surface area contributed by atoms with Gasteiger partial charge in [-0.15, -0.1) is 0 Å². The number of para-hydroxylation sites is 2. The molecule has 0 aliphatic carbocycles. The van der Waals surface area contributed by atoms with Crippen LogP contribution in [0.5, 0.6) is 11.5 Å². The Morgan fingerprint density at radius 3 is 2.45 bits per heavy atom. The first-order chi connectivity index (χ1) is 15.1. The first-order valence-electron chi connectivity index (χ1n) is 9.30. The standard InChI is InChI=1S/C23H20FN3O4/c1-30-21-9-5-4-8-20(21)26-22(28)15-31-17-12-10-16(11-13-17)14-25-27-23(29)18-6-2-3-7-19(18)24/h2-14H,15H2,1H3,(H,26,28)(H,27,29)/b25-14-. The second-order valence-corrected chi connectivity index (χ2v) is 6.29. The van der Waals surface area contributed by atoms with Crippen LogP contribution in [0.25, 0.3) is 0 Å². The molecule has 0 aliphatic rings. The van der Waals surface area contributed by atoms with Crippen molar-refractivity contribution < 1.29 is 23.5 Å². The minimum atomic E-state index is -0.643. The number of nitrogens with zero attached hydrogens (tertiary/aromatic N) is 1. The Bertz CT molecular complexity index is 1080. The summed E-state index contributed by atoms with van der Waals surface area (Å²) in [5, 5.41) is 6.54. The highest BCUT2D eigenvalue weighted by Gasteiger charge is 2.09. The number of halogens is 1. The van der Waals surface area contributed by atoms with E-state index < -0.39 is 11.7 Å². The van der Waals surface area contributed by atoms with E-state index in [1.807, 2.05) is 0 Å². The molecule has 3 aromatic rings. The first-order valence-corrected chi connectivity index (χ1v) is 9.30. The first kappa shape index (κ1) is 21.5. The molecule has 0 atom stereocenters. The molecule has 2 N–H and O–H groups in total. The largest absolute Gasteiger partial charge is 0.495 e. The number of ether oxygens (including phenoxy) is 2. The van der Waals surface area contributed by atoms with E-state index in [4.69, 9.17) is 9.47 Å². The molecule has 0 aromatic heterocycles. The van der Waals surface area contributed by atoms with Crippen LogP contribution < -0.4 is 20.2 Å². The zero-order chi connectivity index (χ0) is 22.1. The van der Waals surface area contributed by atoms with Crippen LogP contribution in [0.1, 0.15) is 15.9 Å². The molecule has 0 radical (unpaired) electrons. The van der Waals surface area contributed by atoms with Crippen molar-refractivity contribution in [1.82, 2.24) is 5.43 Å². The summed E-state index contributed by atoms with van der Waals surface area (Å²) in [6, 6.07) is 19.4. The van der Waals surface area contributed by atoms with E-state index in [-0.39, 0.29) is 18.1 Å². The summed E-state index contributed by atoms with van der Waals surface area (Å²) in [4.78, 5) is 24.0. The number of hydrazone groups is 1. The molecule has 0 saturated heterocycles. The smallest absolute Gasteiger partial charge is 0.274 e. The Morgan fingerprint density at radius 2 is 1.71 bits per heavy atom. The van der Waals surface area contributed by atoms with Gasteiger partial charge < -0.3 is 14.8 Å². The van der Waals surface area contributed by atoms with Gasteiger partial charge in [-0.3, -0.25) is 9.59 Å². The lowest BCUT2D eigenvalue weighted by Crippen LogP contribution is -2.20. The predicted molar refractivity (Wildman–Crippen MR) is 115 cm³/mol. The normalized spacial score (nSPS) is 10.5. The van der Waals surface area contributed by atoms with Crippen LogP contribution in [0.2, 0.25) is 0 Å². The zero-order valence-corrected chi connectivity index (χ0v) is 16.7. The maximum atomic E-state index is 13.6. The van der Waals surface area contributed by atoms with Crippen LogP contribution in [0, 0.1) is 5.82 Å². The molecule has 0 saturated carbocycles. The maximum absolute atomic E-state index is 13.6. The van der Waals surface area contributed by atoms with Crippen LogP contribution in [-0.2, 0) is 4.79 Å². The molecule has 3 aromatic carbocycles. The minimum absolute atomic E-state index is 0.0882. The van der Waals surface area contributed by atoms with Crippen molar-refractivity contribution in [3.05, 3.63) is 89.7 Å². The van der Waals surface area contributed by atoms with E-state index in [9.17, 15) is 14.0 Å². The van der Waals surface area contributed by atoms with Gasteiger partial charge in [-0.1, -0.05) is 24.3 Å². The molecule has 0 unspecified atom stereocenters. The maximum Gasteiger partial charge on any atom is 0.274 e. The van der Waals surface area contributed by atoms with Crippen molar-refractivity contribution in [3.63, 3.8) is 0 Å². The van der Waals surface area contributed by atoms with Crippen LogP contribution in [0.15, 0.2) is 77.9 Å². The number of benzene rings is 3. The van der Waals surface area contributed by atoms with E-state index >= 15 is 0 Å². The summed E-state index contributed by atoms with van der Waals surface area (Å²) in [6.45, 7) is -0.176. The third-order valence-corrected chi connectivity index (χ3v) is 4.13. The number of anilines is 1. The Kier molecular flexibility index (Phi) is 7.31. The number of hydrogen-bond acceptors (Lipinski definition) is 5. The summed E-state index contributed by atoms with van der Waals surface area (Å²) >= 11 is 0. The van der Waals surface area contributed by atoms with Gasteiger partial charge in [-0.25, -0.2) is 9.82 Å². The lowest BCUT2D eigenvalue weighted by molar-refractivity contribution is -0.118. The molecule has 0 aliphatic heterocycles. The van der Waals surface area contributed by atoms with Gasteiger partial charge in [0.1, 0.15) is 17.3 Å². The van der Waals surface area contributed by atoms with Crippen molar-refractivity contribution in [2.75, 3.05) is 19.0 Å². The summed E-state index contributed by atoms with van der Waals surface area (Å²) in [7, 11) is 1.53. The molecule has 0 bridgehead atoms. The van der Waals surface area contributed by atoms with Crippen LogP contribution >= 0.6 is 0 Å². The minimum Gasteiger partial charge on any atom is -0.495 e. The Hall–Kier alpha value is -4.20. The predicted octanol–water partition coefficient (Wildman–Crippen LogP) is 3.62. The molecule has 7 nitrogen and oxygen atoms in total. The molecular weight excluding hydrogens is 401 g/mol. The third kappa shape index (κ3) is 6.14. The molecule has 8 heteroatoms. The molecule has 0 fully saturated rings. The number of hydrogen-bond donors (Lipinski definition) is 2. The zero-order valence-electron chi connectivity index (χ0n) is 16.7. The van der Waals surface area contributed by atoms with Gasteiger partial charge in [0.25, 0.3) is 11.8 Å². The average molecular weight is 421 g/mol. The molecular formula is C23H20FN3O4. The quantitative estimate of drug-likeness (QED) is 0.430. The van der Waals surface area contributed by atoms with Gasteiger partial charge >= 0.3 is 0 Å². The molecule has 158 valence electrons. The van der Waals surface area contributed by atoms with Crippen molar-refractivity contribution in [2.45, 2.75) is 0 Å². The van der Waals surface area contributed by atoms with Crippen LogP contribution in [-0.4, -0.2) is 31.7 Å². The molecule has 0 heterocycles. The average Bonchev–Trinajstić information content (AvgIpc) is 2.79. The van der Waals surface area contributed by atoms with E-state index in [2.05, 4.69) is 15.8 Å². The highest BCUT2D eigenvalue weighted by molar-refractivity contribution is 5.95. The molecule has 31 heavy (non-hydrogen) atoms. The van der Waals surface area contributed by atoms with E-state index in [0.29, 0.717) is 22.7 Å². The highest BCUT2D eigenvalue weighted by atomic mass is 19.1. The topological polar surface area (TPSA) is 89.0 Å². The lowest BCUT2D eigenvalue weighted by atomic mass is 10.2. The Balaban J connectivity index is 1.48. The van der Waals surface area contributed by atoms with E-state index in [1.54, 1.807) is 54.6 Å². The molecule has 2 amide bonds. The number of rotatable bonds is 8. The Labute approximate surface area is 178 Å².